The first-order chi connectivity index (χ1) is 6.50. The first-order valence-corrected chi connectivity index (χ1v) is 5.49. The summed E-state index contributed by atoms with van der Waals surface area (Å²) in [5.74, 6) is 0.583. The van der Waals surface area contributed by atoms with Crippen LogP contribution in [-0.2, 0) is 0 Å². The Labute approximate surface area is 99.7 Å². The van der Waals surface area contributed by atoms with Crippen LogP contribution in [0.2, 0.25) is 0 Å². The molecule has 0 saturated heterocycles. The molecule has 4 nitrogen and oxygen atoms in total. The fourth-order valence-corrected chi connectivity index (χ4v) is 1.59. The van der Waals surface area contributed by atoms with Crippen LogP contribution in [0.1, 0.15) is 5.69 Å². The highest BCUT2D eigenvalue weighted by molar-refractivity contribution is 9.11. The second-order valence-electron chi connectivity index (χ2n) is 2.92. The molecule has 0 fully saturated rings. The van der Waals surface area contributed by atoms with Crippen molar-refractivity contribution in [2.24, 2.45) is 4.99 Å². The van der Waals surface area contributed by atoms with Gasteiger partial charge in [-0.3, -0.25) is 0 Å². The molecular formula is C8H10Br2N4. The number of nitrogens with zero attached hydrogens (tertiary/aromatic N) is 4. The Hall–Kier alpha value is -0.490. The summed E-state index contributed by atoms with van der Waals surface area (Å²) in [5, 5.41) is 0. The molecule has 0 spiro atoms. The SMILES string of the molecule is Cc1nc(/N=C/N(C)C)c(Br)nc1Br. The molecule has 0 atom stereocenters. The lowest BCUT2D eigenvalue weighted by Crippen LogP contribution is -2.07. The maximum absolute atomic E-state index is 4.26. The van der Waals surface area contributed by atoms with Crippen molar-refractivity contribution in [1.29, 1.82) is 0 Å². The van der Waals surface area contributed by atoms with E-state index >= 15 is 0 Å². The minimum absolute atomic E-state index is 0.583. The lowest BCUT2D eigenvalue weighted by atomic mass is 10.5. The van der Waals surface area contributed by atoms with Crippen LogP contribution in [-0.4, -0.2) is 35.3 Å². The number of aromatic nitrogens is 2. The van der Waals surface area contributed by atoms with E-state index in [1.807, 2.05) is 25.9 Å². The molecule has 1 heterocycles. The molecule has 1 aromatic rings. The van der Waals surface area contributed by atoms with Gasteiger partial charge in [0, 0.05) is 14.1 Å². The number of rotatable bonds is 2. The molecule has 0 unspecified atom stereocenters. The molecule has 0 aliphatic carbocycles. The van der Waals surface area contributed by atoms with Crippen LogP contribution < -0.4 is 0 Å². The van der Waals surface area contributed by atoms with E-state index < -0.39 is 0 Å². The molecule has 0 bridgehead atoms. The van der Waals surface area contributed by atoms with E-state index in [0.29, 0.717) is 10.4 Å². The van der Waals surface area contributed by atoms with E-state index in [9.17, 15) is 0 Å². The fourth-order valence-electron chi connectivity index (χ4n) is 0.720. The zero-order chi connectivity index (χ0) is 10.7. The van der Waals surface area contributed by atoms with E-state index in [-0.39, 0.29) is 0 Å². The lowest BCUT2D eigenvalue weighted by Gasteiger charge is -2.04. The summed E-state index contributed by atoms with van der Waals surface area (Å²) < 4.78 is 1.36. The van der Waals surface area contributed by atoms with Crippen molar-refractivity contribution < 1.29 is 0 Å². The van der Waals surface area contributed by atoms with Gasteiger partial charge in [0.25, 0.3) is 0 Å². The average molecular weight is 322 g/mol. The molecule has 0 radical (unpaired) electrons. The minimum Gasteiger partial charge on any atom is -0.369 e. The highest BCUT2D eigenvalue weighted by Crippen LogP contribution is 2.24. The lowest BCUT2D eigenvalue weighted by molar-refractivity contribution is 0.642. The summed E-state index contributed by atoms with van der Waals surface area (Å²) in [6.45, 7) is 1.87. The van der Waals surface area contributed by atoms with Gasteiger partial charge >= 0.3 is 0 Å². The van der Waals surface area contributed by atoms with Gasteiger partial charge in [-0.2, -0.15) is 0 Å². The van der Waals surface area contributed by atoms with Crippen LogP contribution in [0.3, 0.4) is 0 Å². The van der Waals surface area contributed by atoms with Crippen LogP contribution in [0, 0.1) is 6.92 Å². The largest absolute Gasteiger partial charge is 0.369 e. The van der Waals surface area contributed by atoms with E-state index in [1.54, 1.807) is 6.34 Å². The van der Waals surface area contributed by atoms with Crippen molar-refractivity contribution in [2.75, 3.05) is 14.1 Å². The number of halogens is 2. The maximum atomic E-state index is 4.26. The third-order valence-electron chi connectivity index (χ3n) is 1.36. The molecule has 1 rings (SSSR count). The van der Waals surface area contributed by atoms with E-state index in [1.165, 1.54) is 0 Å². The van der Waals surface area contributed by atoms with E-state index in [4.69, 9.17) is 0 Å². The van der Waals surface area contributed by atoms with Gasteiger partial charge in [-0.1, -0.05) is 0 Å². The summed E-state index contributed by atoms with van der Waals surface area (Å²) in [5.41, 5.74) is 0.819. The molecule has 6 heteroatoms. The van der Waals surface area contributed by atoms with Gasteiger partial charge in [0.15, 0.2) is 10.4 Å². The molecule has 14 heavy (non-hydrogen) atoms. The first-order valence-electron chi connectivity index (χ1n) is 3.91. The normalized spacial score (nSPS) is 10.9. The van der Waals surface area contributed by atoms with Gasteiger partial charge in [0.05, 0.1) is 12.0 Å². The zero-order valence-corrected chi connectivity index (χ0v) is 11.3. The highest BCUT2D eigenvalue weighted by atomic mass is 79.9. The van der Waals surface area contributed by atoms with Crippen LogP contribution in [0.25, 0.3) is 0 Å². The second kappa shape index (κ2) is 4.84. The van der Waals surface area contributed by atoms with Crippen molar-refractivity contribution >= 4 is 44.0 Å². The average Bonchev–Trinajstić information content (AvgIpc) is 2.09. The van der Waals surface area contributed by atoms with Crippen molar-refractivity contribution in [3.63, 3.8) is 0 Å². The zero-order valence-electron chi connectivity index (χ0n) is 8.12. The van der Waals surface area contributed by atoms with Crippen LogP contribution in [0.5, 0.6) is 0 Å². The molecule has 0 aliphatic heterocycles. The van der Waals surface area contributed by atoms with Gasteiger partial charge in [-0.05, 0) is 38.8 Å². The number of hydrogen-bond donors (Lipinski definition) is 0. The number of hydrogen-bond acceptors (Lipinski definition) is 3. The van der Waals surface area contributed by atoms with Crippen LogP contribution in [0.4, 0.5) is 5.82 Å². The summed E-state index contributed by atoms with van der Waals surface area (Å²) >= 11 is 6.59. The van der Waals surface area contributed by atoms with Gasteiger partial charge < -0.3 is 4.90 Å². The van der Waals surface area contributed by atoms with E-state index in [2.05, 4.69) is 46.8 Å². The second-order valence-corrected chi connectivity index (χ2v) is 4.42. The summed E-state index contributed by atoms with van der Waals surface area (Å²) in [4.78, 5) is 14.5. The Kier molecular flexibility index (Phi) is 4.00. The molecule has 0 saturated carbocycles. The molecule has 0 aliphatic rings. The number of aliphatic imine (C=N–C) groups is 1. The number of aryl methyl sites for hydroxylation is 1. The standard InChI is InChI=1S/C8H10Br2N4/c1-5-6(9)13-7(10)8(12-5)11-4-14(2)3/h4H,1-3H3/b11-4+. The third-order valence-corrected chi connectivity index (χ3v) is 2.65. The molecule has 0 amide bonds. The Bertz CT molecular complexity index is 363. The Morgan fingerprint density at radius 1 is 1.21 bits per heavy atom. The summed E-state index contributed by atoms with van der Waals surface area (Å²) in [7, 11) is 3.80. The fraction of sp³-hybridized carbons (Fsp3) is 0.375. The Morgan fingerprint density at radius 3 is 2.43 bits per heavy atom. The quantitative estimate of drug-likeness (QED) is 0.621. The predicted octanol–water partition coefficient (Wildman–Crippen LogP) is 2.53. The topological polar surface area (TPSA) is 41.4 Å². The molecule has 1 aromatic heterocycles. The van der Waals surface area contributed by atoms with Crippen molar-refractivity contribution in [3.8, 4) is 0 Å². The van der Waals surface area contributed by atoms with Crippen LogP contribution in [0.15, 0.2) is 14.2 Å². The Balaban J connectivity index is 3.04. The van der Waals surface area contributed by atoms with Gasteiger partial charge in [-0.15, -0.1) is 0 Å². The highest BCUT2D eigenvalue weighted by Gasteiger charge is 2.05. The van der Waals surface area contributed by atoms with Crippen molar-refractivity contribution in [3.05, 3.63) is 14.9 Å². The smallest absolute Gasteiger partial charge is 0.187 e. The summed E-state index contributed by atoms with van der Waals surface area (Å²) in [6, 6.07) is 0. The van der Waals surface area contributed by atoms with Crippen molar-refractivity contribution in [2.45, 2.75) is 6.92 Å². The Morgan fingerprint density at radius 2 is 1.86 bits per heavy atom. The molecule has 0 N–H and O–H groups in total. The van der Waals surface area contributed by atoms with Crippen LogP contribution >= 0.6 is 31.9 Å². The predicted molar refractivity (Wildman–Crippen MR) is 64.0 cm³/mol. The molecular weight excluding hydrogens is 312 g/mol. The van der Waals surface area contributed by atoms with Gasteiger partial charge in [0.1, 0.15) is 4.60 Å². The monoisotopic (exact) mass is 320 g/mol. The molecule has 76 valence electrons. The third kappa shape index (κ3) is 3.02. The van der Waals surface area contributed by atoms with Gasteiger partial charge in [0.2, 0.25) is 0 Å². The summed E-state index contributed by atoms with van der Waals surface area (Å²) in [6.07, 6.45) is 1.68. The minimum atomic E-state index is 0.583. The van der Waals surface area contributed by atoms with E-state index in [0.717, 1.165) is 10.3 Å². The van der Waals surface area contributed by atoms with Crippen molar-refractivity contribution in [1.82, 2.24) is 14.9 Å². The first kappa shape index (κ1) is 11.6. The van der Waals surface area contributed by atoms with Gasteiger partial charge in [-0.25, -0.2) is 15.0 Å². The molecule has 0 aromatic carbocycles. The maximum Gasteiger partial charge on any atom is 0.187 e.